The smallest absolute Gasteiger partial charge is 0.337 e. The Morgan fingerprint density at radius 1 is 1.53 bits per heavy atom. The van der Waals surface area contributed by atoms with Gasteiger partial charge in [0.2, 0.25) is 0 Å². The van der Waals surface area contributed by atoms with Gasteiger partial charge >= 0.3 is 5.97 Å². The Bertz CT molecular complexity index is 418. The summed E-state index contributed by atoms with van der Waals surface area (Å²) < 4.78 is 0. The van der Waals surface area contributed by atoms with Crippen molar-refractivity contribution in [2.24, 2.45) is 0 Å². The number of aromatic carboxylic acids is 1. The van der Waals surface area contributed by atoms with Gasteiger partial charge in [-0.1, -0.05) is 6.08 Å². The molecule has 0 atom stereocenters. The van der Waals surface area contributed by atoms with Gasteiger partial charge in [0, 0.05) is 22.6 Å². The second-order valence-corrected chi connectivity index (χ2v) is 4.92. The zero-order valence-corrected chi connectivity index (χ0v) is 9.48. The molecule has 0 aliphatic carbocycles. The van der Waals surface area contributed by atoms with Crippen LogP contribution in [-0.2, 0) is 5.75 Å². The maximum atomic E-state index is 10.8. The van der Waals surface area contributed by atoms with E-state index in [4.69, 9.17) is 5.11 Å². The number of aromatic nitrogens is 1. The summed E-state index contributed by atoms with van der Waals surface area (Å²) in [6.07, 6.45) is 3.50. The largest absolute Gasteiger partial charge is 0.478 e. The molecule has 2 heterocycles. The SMILES string of the molecule is O=C(O)c1cnc2c(c1)SC/C=C\SC2. The van der Waals surface area contributed by atoms with Crippen LogP contribution in [0.25, 0.3) is 0 Å². The number of hydrogen-bond acceptors (Lipinski definition) is 4. The molecule has 78 valence electrons. The zero-order valence-electron chi connectivity index (χ0n) is 7.84. The summed E-state index contributed by atoms with van der Waals surface area (Å²) in [5.74, 6) is 0.750. The number of carboxylic acid groups (broad SMARTS) is 1. The molecule has 0 unspecified atom stereocenters. The molecule has 0 saturated heterocycles. The van der Waals surface area contributed by atoms with Gasteiger partial charge in [0.25, 0.3) is 0 Å². The maximum absolute atomic E-state index is 10.8. The van der Waals surface area contributed by atoms with Gasteiger partial charge in [-0.2, -0.15) is 0 Å². The average molecular weight is 239 g/mol. The van der Waals surface area contributed by atoms with E-state index >= 15 is 0 Å². The summed E-state index contributed by atoms with van der Waals surface area (Å²) >= 11 is 3.31. The first-order chi connectivity index (χ1) is 7.27. The number of thioether (sulfide) groups is 2. The number of carbonyl (C=O) groups is 1. The minimum Gasteiger partial charge on any atom is -0.478 e. The average Bonchev–Trinajstić information content (AvgIpc) is 2.18. The molecule has 1 aromatic heterocycles. The lowest BCUT2D eigenvalue weighted by atomic mass is 10.2. The molecular formula is C10H9NO2S2. The van der Waals surface area contributed by atoms with E-state index in [0.29, 0.717) is 0 Å². The van der Waals surface area contributed by atoms with Crippen molar-refractivity contribution in [2.45, 2.75) is 10.6 Å². The van der Waals surface area contributed by atoms with Crippen LogP contribution in [0.5, 0.6) is 0 Å². The second-order valence-electron chi connectivity index (χ2n) is 2.97. The van der Waals surface area contributed by atoms with E-state index in [1.165, 1.54) is 6.20 Å². The van der Waals surface area contributed by atoms with E-state index in [-0.39, 0.29) is 5.56 Å². The summed E-state index contributed by atoms with van der Waals surface area (Å²) in [6, 6.07) is 1.70. The third-order valence-corrected chi connectivity index (χ3v) is 3.77. The van der Waals surface area contributed by atoms with Crippen LogP contribution in [0.4, 0.5) is 0 Å². The lowest BCUT2D eigenvalue weighted by Crippen LogP contribution is -2.01. The summed E-state index contributed by atoms with van der Waals surface area (Å²) in [5, 5.41) is 10.9. The van der Waals surface area contributed by atoms with Crippen molar-refractivity contribution in [2.75, 3.05) is 5.75 Å². The Morgan fingerprint density at radius 3 is 3.20 bits per heavy atom. The van der Waals surface area contributed by atoms with Crippen LogP contribution in [0.15, 0.2) is 28.6 Å². The Balaban J connectivity index is 2.34. The Labute approximate surface area is 96.0 Å². The van der Waals surface area contributed by atoms with Crippen LogP contribution in [0.1, 0.15) is 16.1 Å². The molecule has 0 fully saturated rings. The molecule has 0 bridgehead atoms. The van der Waals surface area contributed by atoms with Crippen LogP contribution in [0.3, 0.4) is 0 Å². The van der Waals surface area contributed by atoms with E-state index in [9.17, 15) is 4.79 Å². The van der Waals surface area contributed by atoms with Crippen molar-refractivity contribution in [3.05, 3.63) is 35.0 Å². The predicted octanol–water partition coefficient (Wildman–Crippen LogP) is 2.63. The molecule has 5 heteroatoms. The molecule has 0 amide bonds. The van der Waals surface area contributed by atoms with Crippen molar-refractivity contribution in [3.63, 3.8) is 0 Å². The Hall–Kier alpha value is -0.940. The normalized spacial score (nSPS) is 17.3. The number of rotatable bonds is 1. The lowest BCUT2D eigenvalue weighted by molar-refractivity contribution is 0.0696. The number of fused-ring (bicyclic) bond motifs is 1. The van der Waals surface area contributed by atoms with Crippen molar-refractivity contribution < 1.29 is 9.90 Å². The summed E-state index contributed by atoms with van der Waals surface area (Å²) in [4.78, 5) is 15.9. The van der Waals surface area contributed by atoms with E-state index in [1.54, 1.807) is 29.6 Å². The maximum Gasteiger partial charge on any atom is 0.337 e. The summed E-state index contributed by atoms with van der Waals surface area (Å²) in [7, 11) is 0. The molecule has 3 nitrogen and oxygen atoms in total. The van der Waals surface area contributed by atoms with Crippen molar-refractivity contribution in [1.82, 2.24) is 4.98 Å². The monoisotopic (exact) mass is 239 g/mol. The molecule has 15 heavy (non-hydrogen) atoms. The number of nitrogens with zero attached hydrogens (tertiary/aromatic N) is 1. The molecule has 0 radical (unpaired) electrons. The highest BCUT2D eigenvalue weighted by atomic mass is 32.2. The molecular weight excluding hydrogens is 230 g/mol. The van der Waals surface area contributed by atoms with Gasteiger partial charge in [-0.25, -0.2) is 4.79 Å². The first-order valence-electron chi connectivity index (χ1n) is 4.39. The standard InChI is InChI=1S/C10H9NO2S2/c12-10(13)7-4-9-8(11-5-7)6-14-2-1-3-15-9/h1-2,4-5H,3,6H2,(H,12,13)/b2-1-. The van der Waals surface area contributed by atoms with Gasteiger partial charge in [-0.3, -0.25) is 4.98 Å². The number of hydrogen-bond donors (Lipinski definition) is 1. The third kappa shape index (κ3) is 2.54. The highest BCUT2D eigenvalue weighted by Crippen LogP contribution is 2.28. The van der Waals surface area contributed by atoms with Crippen molar-refractivity contribution in [1.29, 1.82) is 0 Å². The first kappa shape index (κ1) is 10.6. The second kappa shape index (κ2) is 4.72. The zero-order chi connectivity index (χ0) is 10.7. The topological polar surface area (TPSA) is 50.2 Å². The summed E-state index contributed by atoms with van der Waals surface area (Å²) in [6.45, 7) is 0. The molecule has 0 saturated carbocycles. The van der Waals surface area contributed by atoms with Crippen molar-refractivity contribution >= 4 is 29.5 Å². The molecule has 1 aliphatic rings. The third-order valence-electron chi connectivity index (χ3n) is 1.93. The van der Waals surface area contributed by atoms with E-state index in [0.717, 1.165) is 22.1 Å². The van der Waals surface area contributed by atoms with E-state index in [2.05, 4.69) is 16.5 Å². The van der Waals surface area contributed by atoms with Gasteiger partial charge in [0.05, 0.1) is 11.3 Å². The Kier molecular flexibility index (Phi) is 3.33. The molecule has 0 aromatic carbocycles. The molecule has 0 spiro atoms. The van der Waals surface area contributed by atoms with Crippen LogP contribution in [0, 0.1) is 0 Å². The van der Waals surface area contributed by atoms with Crippen LogP contribution >= 0.6 is 23.5 Å². The number of carboxylic acids is 1. The fourth-order valence-corrected chi connectivity index (χ4v) is 3.00. The van der Waals surface area contributed by atoms with E-state index < -0.39 is 5.97 Å². The first-order valence-corrected chi connectivity index (χ1v) is 6.42. The molecule has 1 aromatic rings. The highest BCUT2D eigenvalue weighted by molar-refractivity contribution is 8.02. The van der Waals surface area contributed by atoms with E-state index in [1.807, 2.05) is 0 Å². The molecule has 2 rings (SSSR count). The van der Waals surface area contributed by atoms with Gasteiger partial charge in [0.1, 0.15) is 0 Å². The van der Waals surface area contributed by atoms with Crippen LogP contribution in [-0.4, -0.2) is 21.8 Å². The predicted molar refractivity (Wildman–Crippen MR) is 62.4 cm³/mol. The number of pyridine rings is 1. The Morgan fingerprint density at radius 2 is 2.40 bits per heavy atom. The van der Waals surface area contributed by atoms with Crippen LogP contribution < -0.4 is 0 Å². The van der Waals surface area contributed by atoms with Gasteiger partial charge in [0.15, 0.2) is 0 Å². The quantitative estimate of drug-likeness (QED) is 0.816. The fourth-order valence-electron chi connectivity index (χ4n) is 1.20. The van der Waals surface area contributed by atoms with Gasteiger partial charge < -0.3 is 5.11 Å². The lowest BCUT2D eigenvalue weighted by Gasteiger charge is -2.09. The molecule has 1 N–H and O–H groups in total. The minimum atomic E-state index is -0.920. The van der Waals surface area contributed by atoms with Crippen molar-refractivity contribution in [3.8, 4) is 0 Å². The minimum absolute atomic E-state index is 0.260. The summed E-state index contributed by atoms with van der Waals surface area (Å²) in [5.41, 5.74) is 1.23. The van der Waals surface area contributed by atoms with Crippen LogP contribution in [0.2, 0.25) is 0 Å². The fraction of sp³-hybridized carbons (Fsp3) is 0.200. The van der Waals surface area contributed by atoms with Gasteiger partial charge in [-0.15, -0.1) is 23.5 Å². The van der Waals surface area contributed by atoms with Gasteiger partial charge in [-0.05, 0) is 11.5 Å². The highest BCUT2D eigenvalue weighted by Gasteiger charge is 2.10. The molecule has 1 aliphatic heterocycles.